The maximum atomic E-state index is 11.7. The maximum Gasteiger partial charge on any atom is 0.321 e. The predicted octanol–water partition coefficient (Wildman–Crippen LogP) is 0.497. The van der Waals surface area contributed by atoms with Crippen molar-refractivity contribution in [1.82, 2.24) is 15.5 Å². The number of piperidine rings is 1. The second kappa shape index (κ2) is 9.33. The van der Waals surface area contributed by atoms with E-state index < -0.39 is 6.03 Å². The summed E-state index contributed by atoms with van der Waals surface area (Å²) in [6, 6.07) is -0.455. The third-order valence-corrected chi connectivity index (χ3v) is 3.36. The minimum Gasteiger partial charge on any atom is -0.466 e. The smallest absolute Gasteiger partial charge is 0.321 e. The van der Waals surface area contributed by atoms with Crippen LogP contribution in [-0.4, -0.2) is 55.6 Å². The molecule has 0 spiro atoms. The topological polar surface area (TPSA) is 87.7 Å². The van der Waals surface area contributed by atoms with E-state index in [1.165, 1.54) is 0 Å². The van der Waals surface area contributed by atoms with Gasteiger partial charge in [0.2, 0.25) is 5.91 Å². The van der Waals surface area contributed by atoms with Crippen molar-refractivity contribution in [2.75, 3.05) is 32.8 Å². The number of carbonyl (C=O) groups excluding carboxylic acids is 3. The van der Waals surface area contributed by atoms with E-state index in [-0.39, 0.29) is 24.3 Å². The lowest BCUT2D eigenvalue weighted by Crippen LogP contribution is -2.47. The summed E-state index contributed by atoms with van der Waals surface area (Å²) in [5.41, 5.74) is 0. The highest BCUT2D eigenvalue weighted by Crippen LogP contribution is 2.18. The fraction of sp³-hybridized carbons (Fsp3) is 0.786. The van der Waals surface area contributed by atoms with Gasteiger partial charge >= 0.3 is 12.0 Å². The van der Waals surface area contributed by atoms with E-state index in [2.05, 4.69) is 10.6 Å². The Morgan fingerprint density at radius 1 is 1.19 bits per heavy atom. The van der Waals surface area contributed by atoms with Crippen LogP contribution in [0.1, 0.15) is 33.1 Å². The monoisotopic (exact) mass is 299 g/mol. The largest absolute Gasteiger partial charge is 0.466 e. The molecule has 2 N–H and O–H groups in total. The molecule has 1 heterocycles. The molecule has 0 aromatic rings. The van der Waals surface area contributed by atoms with Crippen molar-refractivity contribution in [3.05, 3.63) is 0 Å². The first kappa shape index (κ1) is 17.4. The molecule has 0 saturated carbocycles. The van der Waals surface area contributed by atoms with Crippen LogP contribution >= 0.6 is 0 Å². The second-order valence-electron chi connectivity index (χ2n) is 5.11. The predicted molar refractivity (Wildman–Crippen MR) is 77.6 cm³/mol. The van der Waals surface area contributed by atoms with Crippen LogP contribution < -0.4 is 10.6 Å². The minimum atomic E-state index is -0.455. The number of esters is 1. The molecule has 0 atom stereocenters. The van der Waals surface area contributed by atoms with Crippen LogP contribution in [0.5, 0.6) is 0 Å². The number of imide groups is 1. The van der Waals surface area contributed by atoms with Gasteiger partial charge in [0.05, 0.1) is 19.1 Å². The Labute approximate surface area is 125 Å². The summed E-state index contributed by atoms with van der Waals surface area (Å²) in [6.07, 6.45) is 2.20. The minimum absolute atomic E-state index is 0.0721. The molecule has 0 aromatic carbocycles. The number of nitrogens with zero attached hydrogens (tertiary/aromatic N) is 1. The van der Waals surface area contributed by atoms with Crippen LogP contribution in [0.15, 0.2) is 0 Å². The molecule has 0 bridgehead atoms. The van der Waals surface area contributed by atoms with Crippen LogP contribution in [0.3, 0.4) is 0 Å². The van der Waals surface area contributed by atoms with Gasteiger partial charge in [0.1, 0.15) is 0 Å². The van der Waals surface area contributed by atoms with Gasteiger partial charge < -0.3 is 10.1 Å². The maximum absolute atomic E-state index is 11.7. The van der Waals surface area contributed by atoms with E-state index in [4.69, 9.17) is 4.74 Å². The number of hydrogen-bond acceptors (Lipinski definition) is 5. The molecule has 0 aliphatic carbocycles. The number of likely N-dealkylation sites (tertiary alicyclic amines) is 1. The zero-order valence-corrected chi connectivity index (χ0v) is 12.8. The van der Waals surface area contributed by atoms with E-state index in [0.29, 0.717) is 39.1 Å². The molecule has 120 valence electrons. The fourth-order valence-electron chi connectivity index (χ4n) is 2.24. The highest BCUT2D eigenvalue weighted by atomic mass is 16.5. The van der Waals surface area contributed by atoms with Crippen molar-refractivity contribution in [3.8, 4) is 0 Å². The molecule has 0 aromatic heterocycles. The number of rotatable bonds is 6. The first-order valence-corrected chi connectivity index (χ1v) is 7.53. The first-order valence-electron chi connectivity index (χ1n) is 7.53. The van der Waals surface area contributed by atoms with E-state index in [1.807, 2.05) is 11.8 Å². The molecule has 3 amide bonds. The summed E-state index contributed by atoms with van der Waals surface area (Å²) in [4.78, 5) is 36.6. The van der Waals surface area contributed by atoms with E-state index in [9.17, 15) is 14.4 Å². The Morgan fingerprint density at radius 3 is 2.43 bits per heavy atom. The summed E-state index contributed by atoms with van der Waals surface area (Å²) < 4.78 is 5.00. The van der Waals surface area contributed by atoms with Crippen molar-refractivity contribution in [2.45, 2.75) is 33.1 Å². The van der Waals surface area contributed by atoms with Crippen molar-refractivity contribution in [2.24, 2.45) is 5.92 Å². The third kappa shape index (κ3) is 6.57. The lowest BCUT2D eigenvalue weighted by atomic mass is 9.97. The molecule has 1 saturated heterocycles. The van der Waals surface area contributed by atoms with Gasteiger partial charge in [0.15, 0.2) is 0 Å². The zero-order valence-electron chi connectivity index (χ0n) is 12.8. The van der Waals surface area contributed by atoms with Gasteiger partial charge in [-0.15, -0.1) is 0 Å². The molecular weight excluding hydrogens is 274 g/mol. The Morgan fingerprint density at radius 2 is 1.86 bits per heavy atom. The van der Waals surface area contributed by atoms with E-state index >= 15 is 0 Å². The lowest BCUT2D eigenvalue weighted by Gasteiger charge is -2.30. The Balaban J connectivity index is 2.24. The molecule has 0 radical (unpaired) electrons. The average molecular weight is 299 g/mol. The van der Waals surface area contributed by atoms with Crippen LogP contribution in [0.2, 0.25) is 0 Å². The van der Waals surface area contributed by atoms with Crippen LogP contribution in [0.4, 0.5) is 4.79 Å². The van der Waals surface area contributed by atoms with Crippen molar-refractivity contribution in [3.63, 3.8) is 0 Å². The molecule has 1 fully saturated rings. The third-order valence-electron chi connectivity index (χ3n) is 3.36. The lowest BCUT2D eigenvalue weighted by molar-refractivity contribution is -0.149. The molecule has 7 nitrogen and oxygen atoms in total. The SMILES string of the molecule is CCCNC(=O)NC(=O)CN1CCC(C(=O)OCC)CC1. The number of carbonyl (C=O) groups is 3. The summed E-state index contributed by atoms with van der Waals surface area (Å²) in [5, 5.41) is 4.88. The molecule has 1 aliphatic heterocycles. The van der Waals surface area contributed by atoms with Gasteiger partial charge in [-0.1, -0.05) is 6.92 Å². The number of amides is 3. The van der Waals surface area contributed by atoms with Gasteiger partial charge in [-0.25, -0.2) is 4.79 Å². The Kier molecular flexibility index (Phi) is 7.74. The van der Waals surface area contributed by atoms with Gasteiger partial charge in [0.25, 0.3) is 0 Å². The van der Waals surface area contributed by atoms with E-state index in [1.54, 1.807) is 6.92 Å². The normalized spacial score (nSPS) is 16.3. The molecule has 1 aliphatic rings. The van der Waals surface area contributed by atoms with Gasteiger partial charge in [-0.05, 0) is 39.3 Å². The molecular formula is C14H25N3O4. The van der Waals surface area contributed by atoms with E-state index in [0.717, 1.165) is 6.42 Å². The van der Waals surface area contributed by atoms with Crippen molar-refractivity contribution < 1.29 is 19.1 Å². The number of ether oxygens (including phenoxy) is 1. The van der Waals surface area contributed by atoms with Crippen LogP contribution in [0.25, 0.3) is 0 Å². The van der Waals surface area contributed by atoms with Gasteiger partial charge in [-0.3, -0.25) is 19.8 Å². The summed E-state index contributed by atoms with van der Waals surface area (Å²) in [7, 11) is 0. The summed E-state index contributed by atoms with van der Waals surface area (Å²) in [6.45, 7) is 6.17. The highest BCUT2D eigenvalue weighted by molar-refractivity contribution is 5.95. The second-order valence-corrected chi connectivity index (χ2v) is 5.11. The quantitative estimate of drug-likeness (QED) is 0.697. The Hall–Kier alpha value is -1.63. The summed E-state index contributed by atoms with van der Waals surface area (Å²) in [5.74, 6) is -0.546. The standard InChI is InChI=1S/C14H25N3O4/c1-3-7-15-14(20)16-12(18)10-17-8-5-11(6-9-17)13(19)21-4-2/h11H,3-10H2,1-2H3,(H2,15,16,18,20). The Bertz CT molecular complexity index is 365. The molecule has 1 rings (SSSR count). The van der Waals surface area contributed by atoms with Gasteiger partial charge in [0, 0.05) is 6.54 Å². The number of hydrogen-bond donors (Lipinski definition) is 2. The number of urea groups is 1. The van der Waals surface area contributed by atoms with Crippen LogP contribution in [-0.2, 0) is 14.3 Å². The fourth-order valence-corrected chi connectivity index (χ4v) is 2.24. The highest BCUT2D eigenvalue weighted by Gasteiger charge is 2.26. The summed E-state index contributed by atoms with van der Waals surface area (Å²) >= 11 is 0. The molecule has 7 heteroatoms. The average Bonchev–Trinajstić information content (AvgIpc) is 2.46. The van der Waals surface area contributed by atoms with Gasteiger partial charge in [-0.2, -0.15) is 0 Å². The molecule has 21 heavy (non-hydrogen) atoms. The van der Waals surface area contributed by atoms with Crippen molar-refractivity contribution in [1.29, 1.82) is 0 Å². The zero-order chi connectivity index (χ0) is 15.7. The number of nitrogens with one attached hydrogen (secondary N) is 2. The van der Waals surface area contributed by atoms with Crippen LogP contribution in [0, 0.1) is 5.92 Å². The first-order chi connectivity index (χ1) is 10.1. The van der Waals surface area contributed by atoms with Crippen molar-refractivity contribution >= 4 is 17.9 Å². The molecule has 0 unspecified atom stereocenters.